The quantitative estimate of drug-likeness (QED) is 0.645. The number of hydrogen-bond acceptors (Lipinski definition) is 6. The fourth-order valence-corrected chi connectivity index (χ4v) is 4.19. The van der Waals surface area contributed by atoms with Gasteiger partial charge in [-0.1, -0.05) is 24.3 Å². The lowest BCUT2D eigenvalue weighted by atomic mass is 10.0. The van der Waals surface area contributed by atoms with Gasteiger partial charge in [-0.2, -0.15) is 0 Å². The second-order valence-electron chi connectivity index (χ2n) is 7.55. The third-order valence-electron chi connectivity index (χ3n) is 5.71. The Morgan fingerprint density at radius 1 is 0.933 bits per heavy atom. The minimum atomic E-state index is 0.181. The van der Waals surface area contributed by atoms with Gasteiger partial charge in [-0.15, -0.1) is 0 Å². The van der Waals surface area contributed by atoms with E-state index in [2.05, 4.69) is 21.9 Å². The Bertz CT molecular complexity index is 776. The first-order valence-corrected chi connectivity index (χ1v) is 10.7. The molecule has 1 aliphatic rings. The number of rotatable bonds is 10. The van der Waals surface area contributed by atoms with E-state index in [-0.39, 0.29) is 12.6 Å². The van der Waals surface area contributed by atoms with Crippen molar-refractivity contribution in [1.82, 2.24) is 9.80 Å². The second kappa shape index (κ2) is 11.2. The molecule has 0 spiro atoms. The monoisotopic (exact) mass is 414 g/mol. The van der Waals surface area contributed by atoms with Crippen LogP contribution in [-0.2, 0) is 13.1 Å². The molecule has 1 heterocycles. The van der Waals surface area contributed by atoms with E-state index in [1.54, 1.807) is 14.2 Å². The fourth-order valence-electron chi connectivity index (χ4n) is 4.19. The Morgan fingerprint density at radius 2 is 1.63 bits per heavy atom. The molecule has 2 aromatic carbocycles. The number of nitrogens with zero attached hydrogens (tertiary/aromatic N) is 2. The molecule has 0 radical (unpaired) electrons. The molecule has 1 saturated heterocycles. The molecule has 1 N–H and O–H groups in total. The molecule has 3 rings (SSSR count). The molecule has 30 heavy (non-hydrogen) atoms. The first-order chi connectivity index (χ1) is 14.7. The Hall–Kier alpha value is -2.28. The van der Waals surface area contributed by atoms with Crippen molar-refractivity contribution in [2.45, 2.75) is 32.5 Å². The SMILES string of the molecule is CCOc1ccccc1CN1CCN(Cc2c(OC)cccc2OC)C[C@@H]1CCO. The molecule has 0 unspecified atom stereocenters. The Labute approximate surface area is 180 Å². The number of piperazine rings is 1. The molecule has 1 aliphatic heterocycles. The van der Waals surface area contributed by atoms with Gasteiger partial charge in [0, 0.05) is 50.9 Å². The summed E-state index contributed by atoms with van der Waals surface area (Å²) in [6.45, 7) is 7.20. The van der Waals surface area contributed by atoms with Crippen LogP contribution in [0.25, 0.3) is 0 Å². The predicted octanol–water partition coefficient (Wildman–Crippen LogP) is 3.17. The minimum Gasteiger partial charge on any atom is -0.496 e. The molecule has 6 nitrogen and oxygen atoms in total. The lowest BCUT2D eigenvalue weighted by molar-refractivity contribution is 0.0487. The van der Waals surface area contributed by atoms with E-state index in [1.807, 2.05) is 37.3 Å². The van der Waals surface area contributed by atoms with Crippen LogP contribution >= 0.6 is 0 Å². The smallest absolute Gasteiger partial charge is 0.127 e. The van der Waals surface area contributed by atoms with Crippen molar-refractivity contribution in [3.05, 3.63) is 53.6 Å². The maximum atomic E-state index is 9.67. The van der Waals surface area contributed by atoms with Crippen LogP contribution in [0, 0.1) is 0 Å². The number of para-hydroxylation sites is 1. The van der Waals surface area contributed by atoms with Crippen molar-refractivity contribution in [3.63, 3.8) is 0 Å². The summed E-state index contributed by atoms with van der Waals surface area (Å²) >= 11 is 0. The van der Waals surface area contributed by atoms with E-state index < -0.39 is 0 Å². The maximum absolute atomic E-state index is 9.67. The molecular weight excluding hydrogens is 380 g/mol. The number of aliphatic hydroxyl groups is 1. The third kappa shape index (κ3) is 5.45. The maximum Gasteiger partial charge on any atom is 0.127 e. The van der Waals surface area contributed by atoms with E-state index >= 15 is 0 Å². The molecule has 2 aromatic rings. The van der Waals surface area contributed by atoms with E-state index in [0.29, 0.717) is 6.61 Å². The molecule has 0 aromatic heterocycles. The highest BCUT2D eigenvalue weighted by Crippen LogP contribution is 2.31. The highest BCUT2D eigenvalue weighted by molar-refractivity contribution is 5.44. The Kier molecular flexibility index (Phi) is 8.37. The first-order valence-electron chi connectivity index (χ1n) is 10.7. The van der Waals surface area contributed by atoms with Gasteiger partial charge in [0.1, 0.15) is 17.2 Å². The summed E-state index contributed by atoms with van der Waals surface area (Å²) in [6.07, 6.45) is 0.746. The van der Waals surface area contributed by atoms with Crippen LogP contribution in [-0.4, -0.2) is 68.0 Å². The molecule has 164 valence electrons. The number of ether oxygens (including phenoxy) is 3. The van der Waals surface area contributed by atoms with Crippen LogP contribution < -0.4 is 14.2 Å². The summed E-state index contributed by atoms with van der Waals surface area (Å²) in [5.41, 5.74) is 2.27. The first kappa shape index (κ1) is 22.4. The largest absolute Gasteiger partial charge is 0.496 e. The summed E-state index contributed by atoms with van der Waals surface area (Å²) in [6, 6.07) is 14.4. The van der Waals surface area contributed by atoms with Gasteiger partial charge < -0.3 is 19.3 Å². The van der Waals surface area contributed by atoms with Gasteiger partial charge in [-0.05, 0) is 31.5 Å². The lowest BCUT2D eigenvalue weighted by Crippen LogP contribution is -2.52. The zero-order chi connectivity index (χ0) is 21.3. The van der Waals surface area contributed by atoms with Gasteiger partial charge in [-0.3, -0.25) is 9.80 Å². The normalized spacial score (nSPS) is 17.7. The number of aliphatic hydroxyl groups excluding tert-OH is 1. The summed E-state index contributed by atoms with van der Waals surface area (Å²) in [7, 11) is 3.39. The number of benzene rings is 2. The average molecular weight is 415 g/mol. The zero-order valence-corrected chi connectivity index (χ0v) is 18.3. The minimum absolute atomic E-state index is 0.181. The molecule has 0 amide bonds. The molecule has 0 saturated carbocycles. The van der Waals surface area contributed by atoms with Gasteiger partial charge in [0.15, 0.2) is 0 Å². The van der Waals surface area contributed by atoms with E-state index in [1.165, 1.54) is 5.56 Å². The van der Waals surface area contributed by atoms with Crippen LogP contribution in [0.15, 0.2) is 42.5 Å². The van der Waals surface area contributed by atoms with Gasteiger partial charge >= 0.3 is 0 Å². The molecular formula is C24H34N2O4. The topological polar surface area (TPSA) is 54.4 Å². The third-order valence-corrected chi connectivity index (χ3v) is 5.71. The highest BCUT2D eigenvalue weighted by Gasteiger charge is 2.28. The van der Waals surface area contributed by atoms with Gasteiger partial charge in [-0.25, -0.2) is 0 Å². The van der Waals surface area contributed by atoms with Crippen molar-refractivity contribution < 1.29 is 19.3 Å². The van der Waals surface area contributed by atoms with Gasteiger partial charge in [0.05, 0.1) is 26.4 Å². The lowest BCUT2D eigenvalue weighted by Gasteiger charge is -2.41. The standard InChI is InChI=1S/C24H34N2O4/c1-4-30-22-9-6-5-8-19(22)16-26-14-13-25(17-20(26)12-15-27)18-21-23(28-2)10-7-11-24(21)29-3/h5-11,20,27H,4,12-18H2,1-3H3/t20-/m0/s1. The second-order valence-corrected chi connectivity index (χ2v) is 7.55. The number of hydrogen-bond donors (Lipinski definition) is 1. The summed E-state index contributed by atoms with van der Waals surface area (Å²) in [5, 5.41) is 9.67. The predicted molar refractivity (Wildman–Crippen MR) is 118 cm³/mol. The van der Waals surface area contributed by atoms with Gasteiger partial charge in [0.25, 0.3) is 0 Å². The van der Waals surface area contributed by atoms with Crippen LogP contribution in [0.5, 0.6) is 17.2 Å². The summed E-state index contributed by atoms with van der Waals surface area (Å²) in [4.78, 5) is 4.88. The summed E-state index contributed by atoms with van der Waals surface area (Å²) in [5.74, 6) is 2.64. The van der Waals surface area contributed by atoms with Crippen LogP contribution in [0.1, 0.15) is 24.5 Å². The molecule has 1 fully saturated rings. The van der Waals surface area contributed by atoms with Crippen LogP contribution in [0.4, 0.5) is 0 Å². The molecule has 0 aliphatic carbocycles. The van der Waals surface area contributed by atoms with Crippen molar-refractivity contribution in [3.8, 4) is 17.2 Å². The van der Waals surface area contributed by atoms with Crippen molar-refractivity contribution in [2.75, 3.05) is 47.1 Å². The fraction of sp³-hybridized carbons (Fsp3) is 0.500. The number of methoxy groups -OCH3 is 2. The van der Waals surface area contributed by atoms with E-state index in [9.17, 15) is 5.11 Å². The van der Waals surface area contributed by atoms with Crippen molar-refractivity contribution >= 4 is 0 Å². The Morgan fingerprint density at radius 3 is 2.30 bits per heavy atom. The van der Waals surface area contributed by atoms with E-state index in [4.69, 9.17) is 14.2 Å². The van der Waals surface area contributed by atoms with Gasteiger partial charge in [0.2, 0.25) is 0 Å². The highest BCUT2D eigenvalue weighted by atomic mass is 16.5. The average Bonchev–Trinajstić information content (AvgIpc) is 2.77. The van der Waals surface area contributed by atoms with Crippen LogP contribution in [0.2, 0.25) is 0 Å². The van der Waals surface area contributed by atoms with E-state index in [0.717, 1.165) is 62.0 Å². The Balaban J connectivity index is 1.72. The summed E-state index contributed by atoms with van der Waals surface area (Å²) < 4.78 is 16.9. The van der Waals surface area contributed by atoms with Crippen LogP contribution in [0.3, 0.4) is 0 Å². The molecule has 6 heteroatoms. The molecule has 1 atom stereocenters. The molecule has 0 bridgehead atoms. The van der Waals surface area contributed by atoms with Crippen molar-refractivity contribution in [2.24, 2.45) is 0 Å². The van der Waals surface area contributed by atoms with Crippen molar-refractivity contribution in [1.29, 1.82) is 0 Å². The zero-order valence-electron chi connectivity index (χ0n) is 18.3.